The monoisotopic (exact) mass is 194 g/mol. The van der Waals surface area contributed by atoms with Gasteiger partial charge in [0.1, 0.15) is 0 Å². The molecule has 0 spiro atoms. The molecular weight excluding hydrogens is 172 g/mol. The van der Waals surface area contributed by atoms with Gasteiger partial charge in [-0.1, -0.05) is 31.5 Å². The van der Waals surface area contributed by atoms with Crippen molar-refractivity contribution in [2.75, 3.05) is 18.9 Å². The van der Waals surface area contributed by atoms with E-state index in [-0.39, 0.29) is 0 Å². The van der Waals surface area contributed by atoms with Crippen LogP contribution in [0.2, 0.25) is 0 Å². The minimum absolute atomic E-state index is 0.706. The molecule has 0 aliphatic rings. The fourth-order valence-electron chi connectivity index (χ4n) is 1.33. The molecule has 3 N–H and O–H groups in total. The number of anilines is 1. The van der Waals surface area contributed by atoms with Crippen LogP contribution >= 0.6 is 0 Å². The van der Waals surface area contributed by atoms with Gasteiger partial charge in [-0.15, -0.1) is 0 Å². The van der Waals surface area contributed by atoms with Crippen LogP contribution in [0, 0.1) is 6.92 Å². The van der Waals surface area contributed by atoms with Gasteiger partial charge in [0.15, 0.2) is 0 Å². The van der Waals surface area contributed by atoms with Gasteiger partial charge in [0.05, 0.1) is 0 Å². The fourth-order valence-corrected chi connectivity index (χ4v) is 1.33. The molecular formula is C12H22N2. The molecule has 2 heteroatoms. The van der Waals surface area contributed by atoms with Crippen molar-refractivity contribution in [2.45, 2.75) is 27.2 Å². The average Bonchev–Trinajstić information content (AvgIpc) is 2.22. The van der Waals surface area contributed by atoms with Crippen LogP contribution in [0.3, 0.4) is 0 Å². The summed E-state index contributed by atoms with van der Waals surface area (Å²) in [5.74, 6) is 0. The molecule has 1 rings (SSSR count). The first kappa shape index (κ1) is 13.0. The summed E-state index contributed by atoms with van der Waals surface area (Å²) in [6, 6.07) is 6.38. The molecule has 0 saturated heterocycles. The van der Waals surface area contributed by atoms with E-state index in [0.717, 1.165) is 6.42 Å². The van der Waals surface area contributed by atoms with Crippen LogP contribution in [-0.2, 0) is 6.42 Å². The Bertz CT molecular complexity index is 256. The van der Waals surface area contributed by atoms with E-state index in [1.165, 1.54) is 16.8 Å². The van der Waals surface area contributed by atoms with Crippen LogP contribution in [0.25, 0.3) is 0 Å². The average molecular weight is 194 g/mol. The van der Waals surface area contributed by atoms with E-state index in [1.807, 2.05) is 20.9 Å². The van der Waals surface area contributed by atoms with Crippen molar-refractivity contribution in [3.8, 4) is 0 Å². The highest BCUT2D eigenvalue weighted by Crippen LogP contribution is 2.16. The molecule has 0 atom stereocenters. The first-order chi connectivity index (χ1) is 6.77. The third-order valence-corrected chi connectivity index (χ3v) is 1.94. The number of nitrogens with one attached hydrogen (secondary N) is 1. The van der Waals surface area contributed by atoms with E-state index in [0.29, 0.717) is 6.54 Å². The van der Waals surface area contributed by atoms with Crippen molar-refractivity contribution in [1.82, 2.24) is 0 Å². The van der Waals surface area contributed by atoms with Crippen LogP contribution in [0.15, 0.2) is 18.2 Å². The maximum atomic E-state index is 5.51. The minimum Gasteiger partial charge on any atom is -0.388 e. The lowest BCUT2D eigenvalue weighted by Gasteiger charge is -2.08. The first-order valence-corrected chi connectivity index (χ1v) is 5.25. The molecule has 0 heterocycles. The molecule has 0 fully saturated rings. The number of hydrogen-bond donors (Lipinski definition) is 2. The summed E-state index contributed by atoms with van der Waals surface area (Å²) < 4.78 is 0. The number of aryl methyl sites for hydroxylation is 1. The zero-order valence-electron chi connectivity index (χ0n) is 9.72. The predicted octanol–water partition coefficient (Wildman–Crippen LogP) is 2.56. The number of hydrogen-bond acceptors (Lipinski definition) is 2. The van der Waals surface area contributed by atoms with Gasteiger partial charge in [0, 0.05) is 12.7 Å². The topological polar surface area (TPSA) is 38.0 Å². The number of rotatable bonds is 3. The third kappa shape index (κ3) is 3.79. The van der Waals surface area contributed by atoms with Crippen LogP contribution in [0.4, 0.5) is 5.69 Å². The largest absolute Gasteiger partial charge is 0.388 e. The summed E-state index contributed by atoms with van der Waals surface area (Å²) in [5, 5.41) is 3.15. The SMILES string of the molecule is CC.CNc1ccc(C)cc1CCN. The summed E-state index contributed by atoms with van der Waals surface area (Å²) in [7, 11) is 1.94. The Labute approximate surface area is 87.5 Å². The molecule has 0 saturated carbocycles. The highest BCUT2D eigenvalue weighted by molar-refractivity contribution is 5.52. The molecule has 14 heavy (non-hydrogen) atoms. The summed E-state index contributed by atoms with van der Waals surface area (Å²) in [6.45, 7) is 6.80. The maximum Gasteiger partial charge on any atom is 0.0370 e. The zero-order chi connectivity index (χ0) is 11.0. The molecule has 0 amide bonds. The molecule has 1 aromatic carbocycles. The fraction of sp³-hybridized carbons (Fsp3) is 0.500. The molecule has 0 unspecified atom stereocenters. The van der Waals surface area contributed by atoms with Crippen LogP contribution in [0.5, 0.6) is 0 Å². The highest BCUT2D eigenvalue weighted by Gasteiger charge is 1.98. The van der Waals surface area contributed by atoms with Crippen LogP contribution in [-0.4, -0.2) is 13.6 Å². The van der Waals surface area contributed by atoms with Crippen molar-refractivity contribution < 1.29 is 0 Å². The van der Waals surface area contributed by atoms with E-state index in [9.17, 15) is 0 Å². The minimum atomic E-state index is 0.706. The Morgan fingerprint density at radius 1 is 1.29 bits per heavy atom. The lowest BCUT2D eigenvalue weighted by molar-refractivity contribution is 0.967. The molecule has 0 aliphatic heterocycles. The second kappa shape index (κ2) is 7.39. The Morgan fingerprint density at radius 2 is 1.93 bits per heavy atom. The summed E-state index contributed by atoms with van der Waals surface area (Å²) in [5.41, 5.74) is 9.29. The molecule has 0 aromatic heterocycles. The molecule has 2 nitrogen and oxygen atoms in total. The summed E-state index contributed by atoms with van der Waals surface area (Å²) >= 11 is 0. The molecule has 1 aromatic rings. The maximum absolute atomic E-state index is 5.51. The zero-order valence-corrected chi connectivity index (χ0v) is 9.72. The molecule has 80 valence electrons. The first-order valence-electron chi connectivity index (χ1n) is 5.25. The lowest BCUT2D eigenvalue weighted by atomic mass is 10.1. The van der Waals surface area contributed by atoms with Crippen molar-refractivity contribution in [2.24, 2.45) is 5.73 Å². The Morgan fingerprint density at radius 3 is 2.43 bits per heavy atom. The van der Waals surface area contributed by atoms with Gasteiger partial charge in [-0.25, -0.2) is 0 Å². The van der Waals surface area contributed by atoms with Crippen molar-refractivity contribution in [1.29, 1.82) is 0 Å². The van der Waals surface area contributed by atoms with E-state index < -0.39 is 0 Å². The highest BCUT2D eigenvalue weighted by atomic mass is 14.8. The lowest BCUT2D eigenvalue weighted by Crippen LogP contribution is -2.05. The normalized spacial score (nSPS) is 8.93. The van der Waals surface area contributed by atoms with Gasteiger partial charge in [0.25, 0.3) is 0 Å². The Hall–Kier alpha value is -1.02. The second-order valence-corrected chi connectivity index (χ2v) is 2.95. The predicted molar refractivity (Wildman–Crippen MR) is 64.8 cm³/mol. The molecule has 0 bridgehead atoms. The molecule has 0 radical (unpaired) electrons. The number of benzene rings is 1. The van der Waals surface area contributed by atoms with Crippen LogP contribution in [0.1, 0.15) is 25.0 Å². The van der Waals surface area contributed by atoms with Crippen molar-refractivity contribution in [3.63, 3.8) is 0 Å². The Balaban J connectivity index is 0.000000791. The van der Waals surface area contributed by atoms with Crippen molar-refractivity contribution in [3.05, 3.63) is 29.3 Å². The quantitative estimate of drug-likeness (QED) is 0.776. The summed E-state index contributed by atoms with van der Waals surface area (Å²) in [6.07, 6.45) is 0.942. The Kier molecular flexibility index (Phi) is 6.85. The van der Waals surface area contributed by atoms with Gasteiger partial charge in [0.2, 0.25) is 0 Å². The van der Waals surface area contributed by atoms with Gasteiger partial charge in [-0.3, -0.25) is 0 Å². The third-order valence-electron chi connectivity index (χ3n) is 1.94. The van der Waals surface area contributed by atoms with Gasteiger partial charge < -0.3 is 11.1 Å². The standard InChI is InChI=1S/C10H16N2.C2H6/c1-8-3-4-10(12-2)9(7-8)5-6-11;1-2/h3-4,7,12H,5-6,11H2,1-2H3;1-2H3. The number of nitrogens with two attached hydrogens (primary N) is 1. The van der Waals surface area contributed by atoms with Crippen molar-refractivity contribution >= 4 is 5.69 Å². The van der Waals surface area contributed by atoms with E-state index >= 15 is 0 Å². The molecule has 0 aliphatic carbocycles. The summed E-state index contributed by atoms with van der Waals surface area (Å²) in [4.78, 5) is 0. The smallest absolute Gasteiger partial charge is 0.0370 e. The van der Waals surface area contributed by atoms with Gasteiger partial charge >= 0.3 is 0 Å². The van der Waals surface area contributed by atoms with Gasteiger partial charge in [-0.2, -0.15) is 0 Å². The van der Waals surface area contributed by atoms with E-state index in [1.54, 1.807) is 0 Å². The van der Waals surface area contributed by atoms with Crippen LogP contribution < -0.4 is 11.1 Å². The second-order valence-electron chi connectivity index (χ2n) is 2.95. The van der Waals surface area contributed by atoms with E-state index in [2.05, 4.69) is 30.4 Å². The van der Waals surface area contributed by atoms with E-state index in [4.69, 9.17) is 5.73 Å². The van der Waals surface area contributed by atoms with Gasteiger partial charge in [-0.05, 0) is 31.5 Å².